The van der Waals surface area contributed by atoms with Crippen LogP contribution in [0.4, 0.5) is 0 Å². The molecule has 0 unspecified atom stereocenters. The molecular weight excluding hydrogens is 348 g/mol. The van der Waals surface area contributed by atoms with Gasteiger partial charge in [-0.3, -0.25) is 0 Å². The van der Waals surface area contributed by atoms with Crippen LogP contribution >= 0.6 is 0 Å². The van der Waals surface area contributed by atoms with E-state index in [4.69, 9.17) is 9.82 Å². The predicted octanol–water partition coefficient (Wildman–Crippen LogP) is 4.94. The molecule has 4 saturated carbocycles. The van der Waals surface area contributed by atoms with E-state index in [2.05, 4.69) is 6.07 Å². The molecule has 4 fully saturated rings. The number of nitrogens with zero attached hydrogens (tertiary/aromatic N) is 2. The molecule has 4 nitrogen and oxygen atoms in total. The topological polar surface area (TPSA) is 47.3 Å². The van der Waals surface area contributed by atoms with Gasteiger partial charge in [-0.15, -0.1) is 0 Å². The van der Waals surface area contributed by atoms with Crippen molar-refractivity contribution < 1.29 is 9.94 Å². The van der Waals surface area contributed by atoms with Crippen LogP contribution in [0.2, 0.25) is 0 Å². The van der Waals surface area contributed by atoms with Crippen molar-refractivity contribution in [2.75, 3.05) is 7.11 Å². The van der Waals surface area contributed by atoms with E-state index in [0.29, 0.717) is 5.75 Å². The lowest BCUT2D eigenvalue weighted by Crippen LogP contribution is -2.48. The average Bonchev–Trinajstić information content (AvgIpc) is 3.06. The van der Waals surface area contributed by atoms with Crippen LogP contribution in [0.5, 0.6) is 5.75 Å². The number of aromatic nitrogens is 2. The van der Waals surface area contributed by atoms with Crippen LogP contribution in [0.3, 0.4) is 0 Å². The summed E-state index contributed by atoms with van der Waals surface area (Å²) >= 11 is 0. The van der Waals surface area contributed by atoms with Gasteiger partial charge in [-0.1, -0.05) is 12.1 Å². The zero-order valence-electron chi connectivity index (χ0n) is 16.3. The number of phenols is 1. The highest BCUT2D eigenvalue weighted by molar-refractivity contribution is 5.80. The van der Waals surface area contributed by atoms with Gasteiger partial charge in [-0.2, -0.15) is 4.73 Å². The summed E-state index contributed by atoms with van der Waals surface area (Å²) in [5, 5.41) is 10.8. The molecule has 0 atom stereocenters. The summed E-state index contributed by atoms with van der Waals surface area (Å²) in [6, 6.07) is 14.1. The first kappa shape index (κ1) is 16.5. The minimum Gasteiger partial charge on any atom is -0.508 e. The molecule has 3 aromatic rings. The number of benzene rings is 2. The molecule has 0 amide bonds. The molecular formula is C24H26N2O2. The molecule has 7 rings (SSSR count). The normalized spacial score (nSPS) is 30.8. The van der Waals surface area contributed by atoms with E-state index in [1.165, 1.54) is 38.5 Å². The molecule has 0 radical (unpaired) electrons. The van der Waals surface area contributed by atoms with Gasteiger partial charge in [0.1, 0.15) is 18.4 Å². The molecule has 4 bridgehead atoms. The van der Waals surface area contributed by atoms with Crippen molar-refractivity contribution in [2.45, 2.75) is 43.9 Å². The lowest BCUT2D eigenvalue weighted by Gasteiger charge is -2.57. The van der Waals surface area contributed by atoms with Crippen molar-refractivity contribution in [3.63, 3.8) is 0 Å². The van der Waals surface area contributed by atoms with E-state index in [0.717, 1.165) is 45.7 Å². The van der Waals surface area contributed by atoms with Gasteiger partial charge in [0, 0.05) is 11.1 Å². The predicted molar refractivity (Wildman–Crippen MR) is 109 cm³/mol. The van der Waals surface area contributed by atoms with E-state index >= 15 is 0 Å². The first-order valence-electron chi connectivity index (χ1n) is 10.5. The number of phenolic OH excluding ortho intramolecular Hbond substituents is 1. The maximum Gasteiger partial charge on any atom is 0.176 e. The Morgan fingerprint density at radius 3 is 2.36 bits per heavy atom. The Morgan fingerprint density at radius 1 is 1.00 bits per heavy atom. The van der Waals surface area contributed by atoms with Gasteiger partial charge in [0.05, 0.1) is 5.52 Å². The Labute approximate surface area is 165 Å². The Hall–Kier alpha value is -2.49. The van der Waals surface area contributed by atoms with E-state index in [1.54, 1.807) is 11.8 Å². The van der Waals surface area contributed by atoms with Crippen LogP contribution in [0.25, 0.3) is 22.4 Å². The molecule has 4 aliphatic carbocycles. The van der Waals surface area contributed by atoms with E-state index in [-0.39, 0.29) is 5.41 Å². The summed E-state index contributed by atoms with van der Waals surface area (Å²) in [6.07, 6.45) is 7.90. The molecule has 1 heterocycles. The monoisotopic (exact) mass is 374 g/mol. The first-order valence-corrected chi connectivity index (χ1v) is 10.5. The summed E-state index contributed by atoms with van der Waals surface area (Å²) in [4.78, 5) is 10.5. The fourth-order valence-corrected chi connectivity index (χ4v) is 6.91. The minimum absolute atomic E-state index is 0.152. The number of imidazole rings is 1. The highest BCUT2D eigenvalue weighted by Gasteiger charge is 2.52. The van der Waals surface area contributed by atoms with Gasteiger partial charge < -0.3 is 9.94 Å². The number of hydrogen-bond donors (Lipinski definition) is 1. The fraction of sp³-hybridized carbons (Fsp3) is 0.458. The van der Waals surface area contributed by atoms with Crippen molar-refractivity contribution >= 4 is 11.0 Å². The van der Waals surface area contributed by atoms with Gasteiger partial charge in [-0.05, 0) is 92.0 Å². The molecule has 28 heavy (non-hydrogen) atoms. The second-order valence-corrected chi connectivity index (χ2v) is 9.33. The minimum atomic E-state index is 0.152. The third-order valence-electron chi connectivity index (χ3n) is 7.57. The van der Waals surface area contributed by atoms with Crippen molar-refractivity contribution in [2.24, 2.45) is 17.8 Å². The molecule has 2 aromatic carbocycles. The Morgan fingerprint density at radius 2 is 1.68 bits per heavy atom. The number of hydrogen-bond acceptors (Lipinski definition) is 3. The maximum absolute atomic E-state index is 10.8. The third-order valence-corrected chi connectivity index (χ3v) is 7.57. The van der Waals surface area contributed by atoms with Crippen LogP contribution in [0.1, 0.15) is 44.1 Å². The van der Waals surface area contributed by atoms with Gasteiger partial charge in [0.2, 0.25) is 0 Å². The molecule has 0 saturated heterocycles. The van der Waals surface area contributed by atoms with Gasteiger partial charge >= 0.3 is 0 Å². The van der Waals surface area contributed by atoms with E-state index in [9.17, 15) is 5.11 Å². The zero-order chi connectivity index (χ0) is 18.9. The van der Waals surface area contributed by atoms with Crippen LogP contribution in [-0.2, 0) is 5.41 Å². The molecule has 1 aromatic heterocycles. The number of fused-ring (bicyclic) bond motifs is 1. The number of aromatic hydroxyl groups is 1. The highest BCUT2D eigenvalue weighted by atomic mass is 16.6. The average molecular weight is 374 g/mol. The van der Waals surface area contributed by atoms with Crippen molar-refractivity contribution in [1.82, 2.24) is 9.71 Å². The lowest BCUT2D eigenvalue weighted by molar-refractivity contribution is -0.00611. The SMILES string of the molecule is COn1c(-c2ccc(O)c(C34CC5CC(CC(C5)C3)C4)c2)nc2ccccc21. The van der Waals surface area contributed by atoms with E-state index < -0.39 is 0 Å². The summed E-state index contributed by atoms with van der Waals surface area (Å²) in [6.45, 7) is 0. The van der Waals surface area contributed by atoms with Crippen molar-refractivity contribution in [1.29, 1.82) is 0 Å². The van der Waals surface area contributed by atoms with Crippen molar-refractivity contribution in [3.8, 4) is 17.1 Å². The Balaban J connectivity index is 1.50. The quantitative estimate of drug-likeness (QED) is 0.707. The fourth-order valence-electron chi connectivity index (χ4n) is 6.91. The molecule has 0 aliphatic heterocycles. The van der Waals surface area contributed by atoms with Crippen LogP contribution in [0.15, 0.2) is 42.5 Å². The summed E-state index contributed by atoms with van der Waals surface area (Å²) in [7, 11) is 1.68. The van der Waals surface area contributed by atoms with Gasteiger partial charge in [0.15, 0.2) is 5.82 Å². The van der Waals surface area contributed by atoms with Gasteiger partial charge in [-0.25, -0.2) is 4.98 Å². The standard InChI is InChI=1S/C24H26N2O2/c1-28-26-21-5-3-2-4-20(21)25-23(26)18-6-7-22(27)19(11-18)24-12-15-8-16(13-24)10-17(9-15)14-24/h2-7,11,15-17,27H,8-10,12-14H2,1H3. The van der Waals surface area contributed by atoms with Crippen LogP contribution in [0, 0.1) is 17.8 Å². The largest absolute Gasteiger partial charge is 0.508 e. The molecule has 4 aliphatic rings. The Kier molecular flexibility index (Phi) is 3.38. The van der Waals surface area contributed by atoms with Gasteiger partial charge in [0.25, 0.3) is 0 Å². The molecule has 4 heteroatoms. The van der Waals surface area contributed by atoms with Crippen LogP contribution in [-0.4, -0.2) is 21.9 Å². The maximum atomic E-state index is 10.8. The van der Waals surface area contributed by atoms with E-state index in [1.807, 2.05) is 36.4 Å². The second kappa shape index (κ2) is 5.76. The Bertz CT molecular complexity index is 1030. The van der Waals surface area contributed by atoms with Crippen LogP contribution < -0.4 is 4.84 Å². The number of rotatable bonds is 3. The summed E-state index contributed by atoms with van der Waals surface area (Å²) in [5.74, 6) is 3.79. The summed E-state index contributed by atoms with van der Waals surface area (Å²) < 4.78 is 1.80. The molecule has 0 spiro atoms. The lowest BCUT2D eigenvalue weighted by atomic mass is 9.48. The smallest absolute Gasteiger partial charge is 0.176 e. The van der Waals surface area contributed by atoms with Crippen molar-refractivity contribution in [3.05, 3.63) is 48.0 Å². The summed E-state index contributed by atoms with van der Waals surface area (Å²) in [5.41, 5.74) is 4.19. The first-order chi connectivity index (χ1) is 13.6. The zero-order valence-corrected chi connectivity index (χ0v) is 16.3. The highest BCUT2D eigenvalue weighted by Crippen LogP contribution is 2.62. The second-order valence-electron chi connectivity index (χ2n) is 9.33. The molecule has 144 valence electrons. The number of para-hydroxylation sites is 2. The molecule has 1 N–H and O–H groups in total. The third kappa shape index (κ3) is 2.27.